The Morgan fingerprint density at radius 2 is 2.33 bits per heavy atom. The van der Waals surface area contributed by atoms with Gasteiger partial charge in [0.1, 0.15) is 6.26 Å². The first-order valence-electron chi connectivity index (χ1n) is 5.11. The monoisotopic (exact) mass is 266 g/mol. The van der Waals surface area contributed by atoms with Gasteiger partial charge in [-0.25, -0.2) is 4.98 Å². The number of aliphatic hydroxyl groups is 1. The van der Waals surface area contributed by atoms with Gasteiger partial charge in [-0.15, -0.1) is 0 Å². The van der Waals surface area contributed by atoms with Gasteiger partial charge in [-0.05, 0) is 30.3 Å². The van der Waals surface area contributed by atoms with E-state index in [1.807, 2.05) is 0 Å². The van der Waals surface area contributed by atoms with E-state index in [9.17, 15) is 15.2 Å². The van der Waals surface area contributed by atoms with Crippen LogP contribution >= 0.6 is 11.8 Å². The predicted molar refractivity (Wildman–Crippen MR) is 64.4 cm³/mol. The molecule has 6 nitrogen and oxygen atoms in total. The summed E-state index contributed by atoms with van der Waals surface area (Å²) in [6.07, 6.45) is 2.13. The molecule has 94 valence electrons. The van der Waals surface area contributed by atoms with Gasteiger partial charge in [-0.1, -0.05) is 6.07 Å². The molecule has 1 N–H and O–H groups in total. The number of nitrogens with zero attached hydrogens (tertiary/aromatic N) is 2. The van der Waals surface area contributed by atoms with Gasteiger partial charge in [0.25, 0.3) is 10.9 Å². The second kappa shape index (κ2) is 5.19. The van der Waals surface area contributed by atoms with Gasteiger partial charge in [-0.2, -0.15) is 0 Å². The first-order chi connectivity index (χ1) is 8.58. The minimum absolute atomic E-state index is 0.0726. The largest absolute Gasteiger partial charge is 0.440 e. The lowest BCUT2D eigenvalue weighted by Gasteiger charge is -2.06. The zero-order valence-electron chi connectivity index (χ0n) is 9.44. The summed E-state index contributed by atoms with van der Waals surface area (Å²) in [5, 5.41) is 20.7. The fourth-order valence-electron chi connectivity index (χ4n) is 1.38. The van der Waals surface area contributed by atoms with Gasteiger partial charge in [0.05, 0.1) is 22.1 Å². The fourth-order valence-corrected chi connectivity index (χ4v) is 2.16. The van der Waals surface area contributed by atoms with Crippen molar-refractivity contribution in [1.82, 2.24) is 4.98 Å². The van der Waals surface area contributed by atoms with Crippen molar-refractivity contribution < 1.29 is 14.4 Å². The molecule has 0 aliphatic carbocycles. The van der Waals surface area contributed by atoms with E-state index in [4.69, 9.17) is 4.42 Å². The molecule has 7 heteroatoms. The van der Waals surface area contributed by atoms with Crippen LogP contribution in [0.5, 0.6) is 0 Å². The summed E-state index contributed by atoms with van der Waals surface area (Å²) in [6.45, 7) is 1.56. The Balaban J connectivity index is 2.37. The zero-order chi connectivity index (χ0) is 13.1. The molecule has 0 unspecified atom stereocenters. The van der Waals surface area contributed by atoms with Gasteiger partial charge in [0.15, 0.2) is 0 Å². The van der Waals surface area contributed by atoms with E-state index in [0.29, 0.717) is 15.7 Å². The number of benzene rings is 1. The maximum Gasteiger partial charge on any atom is 0.283 e. The normalized spacial score (nSPS) is 12.3. The molecular weight excluding hydrogens is 256 g/mol. The molecule has 0 bridgehead atoms. The third kappa shape index (κ3) is 2.69. The second-order valence-corrected chi connectivity index (χ2v) is 4.55. The molecular formula is C11H10N2O4S. The van der Waals surface area contributed by atoms with Crippen molar-refractivity contribution in [3.63, 3.8) is 0 Å². The predicted octanol–water partition coefficient (Wildman–Crippen LogP) is 2.79. The Bertz CT molecular complexity index is 554. The number of aliphatic hydroxyl groups excluding tert-OH is 1. The third-order valence-electron chi connectivity index (χ3n) is 2.27. The molecule has 1 heterocycles. The number of hydrogen-bond donors (Lipinski definition) is 1. The van der Waals surface area contributed by atoms with Gasteiger partial charge in [0.2, 0.25) is 0 Å². The summed E-state index contributed by atoms with van der Waals surface area (Å²) in [4.78, 5) is 14.8. The van der Waals surface area contributed by atoms with E-state index in [2.05, 4.69) is 4.98 Å². The van der Waals surface area contributed by atoms with E-state index in [-0.39, 0.29) is 5.69 Å². The Morgan fingerprint density at radius 3 is 2.89 bits per heavy atom. The van der Waals surface area contributed by atoms with Gasteiger partial charge < -0.3 is 9.52 Å². The third-order valence-corrected chi connectivity index (χ3v) is 3.21. The molecule has 18 heavy (non-hydrogen) atoms. The molecule has 2 rings (SSSR count). The zero-order valence-corrected chi connectivity index (χ0v) is 10.3. The van der Waals surface area contributed by atoms with Crippen molar-refractivity contribution in [2.75, 3.05) is 0 Å². The Morgan fingerprint density at radius 1 is 1.56 bits per heavy atom. The maximum atomic E-state index is 11.0. The van der Waals surface area contributed by atoms with Crippen LogP contribution < -0.4 is 0 Å². The summed E-state index contributed by atoms with van der Waals surface area (Å²) in [6, 6.07) is 4.58. The van der Waals surface area contributed by atoms with Crippen LogP contribution in [0.3, 0.4) is 0 Å². The van der Waals surface area contributed by atoms with Crippen LogP contribution in [-0.2, 0) is 0 Å². The van der Waals surface area contributed by atoms with E-state index in [1.165, 1.54) is 18.5 Å². The lowest BCUT2D eigenvalue weighted by molar-refractivity contribution is -0.387. The number of nitro groups is 1. The van der Waals surface area contributed by atoms with E-state index in [1.54, 1.807) is 19.1 Å². The topological polar surface area (TPSA) is 89.4 Å². The number of hydrogen-bond acceptors (Lipinski definition) is 6. The second-order valence-electron chi connectivity index (χ2n) is 3.56. The van der Waals surface area contributed by atoms with Gasteiger partial charge in [0, 0.05) is 6.07 Å². The highest BCUT2D eigenvalue weighted by atomic mass is 32.2. The molecule has 0 aliphatic rings. The summed E-state index contributed by atoms with van der Waals surface area (Å²) < 4.78 is 5.03. The molecule has 0 radical (unpaired) electrons. The van der Waals surface area contributed by atoms with Gasteiger partial charge >= 0.3 is 0 Å². The van der Waals surface area contributed by atoms with Crippen molar-refractivity contribution in [2.24, 2.45) is 0 Å². The number of nitro benzene ring substituents is 1. The minimum atomic E-state index is -0.746. The lowest BCUT2D eigenvalue weighted by Crippen LogP contribution is -1.96. The van der Waals surface area contributed by atoms with Crippen molar-refractivity contribution in [1.29, 1.82) is 0 Å². The SMILES string of the molecule is C[C@@H](O)c1ccc(Sc2ncco2)c([N+](=O)[O-])c1. The number of rotatable bonds is 4. The molecule has 0 saturated carbocycles. The lowest BCUT2D eigenvalue weighted by atomic mass is 10.1. The molecule has 2 aromatic rings. The van der Waals surface area contributed by atoms with Crippen molar-refractivity contribution >= 4 is 17.4 Å². The maximum absolute atomic E-state index is 11.0. The Kier molecular flexibility index (Phi) is 3.63. The molecule has 0 fully saturated rings. The average molecular weight is 266 g/mol. The summed E-state index contributed by atoms with van der Waals surface area (Å²) in [5.74, 6) is 0. The highest BCUT2D eigenvalue weighted by Gasteiger charge is 2.18. The van der Waals surface area contributed by atoms with Crippen LogP contribution in [0, 0.1) is 10.1 Å². The van der Waals surface area contributed by atoms with Crippen molar-refractivity contribution in [3.05, 3.63) is 46.3 Å². The molecule has 0 aliphatic heterocycles. The van der Waals surface area contributed by atoms with Crippen LogP contribution in [0.25, 0.3) is 0 Å². The van der Waals surface area contributed by atoms with E-state index in [0.717, 1.165) is 11.8 Å². The van der Waals surface area contributed by atoms with Gasteiger partial charge in [-0.3, -0.25) is 10.1 Å². The van der Waals surface area contributed by atoms with Crippen LogP contribution in [0.4, 0.5) is 5.69 Å². The number of aromatic nitrogens is 1. The van der Waals surface area contributed by atoms with Crippen LogP contribution in [0.1, 0.15) is 18.6 Å². The molecule has 1 aromatic heterocycles. The highest BCUT2D eigenvalue weighted by molar-refractivity contribution is 7.99. The molecule has 1 aromatic carbocycles. The highest BCUT2D eigenvalue weighted by Crippen LogP contribution is 2.35. The van der Waals surface area contributed by atoms with Crippen molar-refractivity contribution in [2.45, 2.75) is 23.1 Å². The average Bonchev–Trinajstić information content (AvgIpc) is 2.81. The summed E-state index contributed by atoms with van der Waals surface area (Å²) in [7, 11) is 0. The first kappa shape index (κ1) is 12.6. The quantitative estimate of drug-likeness (QED) is 0.676. The molecule has 0 saturated heterocycles. The minimum Gasteiger partial charge on any atom is -0.440 e. The Labute approximate surface area is 107 Å². The molecule has 1 atom stereocenters. The summed E-state index contributed by atoms with van der Waals surface area (Å²) in [5.41, 5.74) is 0.426. The smallest absolute Gasteiger partial charge is 0.283 e. The van der Waals surface area contributed by atoms with Crippen molar-refractivity contribution in [3.8, 4) is 0 Å². The van der Waals surface area contributed by atoms with E-state index >= 15 is 0 Å². The number of oxazole rings is 1. The van der Waals surface area contributed by atoms with Crippen LogP contribution in [0.2, 0.25) is 0 Å². The molecule has 0 amide bonds. The molecule has 0 spiro atoms. The first-order valence-corrected chi connectivity index (χ1v) is 5.93. The van der Waals surface area contributed by atoms with Crippen LogP contribution in [-0.4, -0.2) is 15.0 Å². The van der Waals surface area contributed by atoms with Crippen LogP contribution in [0.15, 0.2) is 45.2 Å². The fraction of sp³-hybridized carbons (Fsp3) is 0.182. The standard InChI is InChI=1S/C11H10N2O4S/c1-7(14)8-2-3-10(9(6-8)13(15)16)18-11-12-4-5-17-11/h2-7,14H,1H3/t7-/m1/s1. The van der Waals surface area contributed by atoms with E-state index < -0.39 is 11.0 Å². The Hall–Kier alpha value is -1.86. The summed E-state index contributed by atoms with van der Waals surface area (Å²) >= 11 is 1.07.